The molecule has 13 heavy (non-hydrogen) atoms. The molecule has 0 saturated heterocycles. The van der Waals surface area contributed by atoms with Crippen LogP contribution >= 0.6 is 0 Å². The van der Waals surface area contributed by atoms with Crippen LogP contribution in [0.1, 0.15) is 53.4 Å². The Labute approximate surface area is 83.1 Å². The van der Waals surface area contributed by atoms with Crippen LogP contribution in [0.15, 0.2) is 0 Å². The quantitative estimate of drug-likeness (QED) is 0.699. The molecule has 1 saturated carbocycles. The summed E-state index contributed by atoms with van der Waals surface area (Å²) in [6, 6.07) is 0.393. The molecule has 0 radical (unpaired) electrons. The summed E-state index contributed by atoms with van der Waals surface area (Å²) < 4.78 is 0. The predicted molar refractivity (Wildman–Crippen MR) is 58.6 cm³/mol. The van der Waals surface area contributed by atoms with Crippen LogP contribution in [-0.4, -0.2) is 6.04 Å². The average Bonchev–Trinajstić information content (AvgIpc) is 2.48. The first-order valence-corrected chi connectivity index (χ1v) is 5.70. The molecule has 0 aromatic carbocycles. The van der Waals surface area contributed by atoms with E-state index in [1.54, 1.807) is 0 Å². The van der Waals surface area contributed by atoms with Crippen LogP contribution in [0.3, 0.4) is 0 Å². The van der Waals surface area contributed by atoms with Crippen LogP contribution in [0, 0.1) is 17.3 Å². The van der Waals surface area contributed by atoms with Crippen molar-refractivity contribution in [2.75, 3.05) is 0 Å². The topological polar surface area (TPSA) is 26.0 Å². The number of nitrogens with two attached hydrogens (primary N) is 1. The fraction of sp³-hybridized carbons (Fsp3) is 1.00. The van der Waals surface area contributed by atoms with Gasteiger partial charge in [-0.1, -0.05) is 40.5 Å². The standard InChI is InChI=1S/C12H25N/c1-5-9-6-7-10(8-9)11(13)12(2,3)4/h9-11H,5-8,13H2,1-4H3. The van der Waals surface area contributed by atoms with E-state index in [1.807, 2.05) is 0 Å². The monoisotopic (exact) mass is 183 g/mol. The Kier molecular flexibility index (Phi) is 3.39. The van der Waals surface area contributed by atoms with Gasteiger partial charge in [0.25, 0.3) is 0 Å². The first-order valence-electron chi connectivity index (χ1n) is 5.70. The first kappa shape index (κ1) is 11.0. The van der Waals surface area contributed by atoms with Crippen LogP contribution in [0.4, 0.5) is 0 Å². The first-order chi connectivity index (χ1) is 5.95. The van der Waals surface area contributed by atoms with Gasteiger partial charge in [0.2, 0.25) is 0 Å². The lowest BCUT2D eigenvalue weighted by Crippen LogP contribution is -2.40. The summed E-state index contributed by atoms with van der Waals surface area (Å²) in [7, 11) is 0. The van der Waals surface area contributed by atoms with Crippen molar-refractivity contribution in [1.29, 1.82) is 0 Å². The Morgan fingerprint density at radius 1 is 1.31 bits per heavy atom. The van der Waals surface area contributed by atoms with Crippen molar-refractivity contribution in [2.24, 2.45) is 23.0 Å². The number of rotatable bonds is 2. The van der Waals surface area contributed by atoms with Gasteiger partial charge in [0, 0.05) is 6.04 Å². The van der Waals surface area contributed by atoms with Crippen LogP contribution in [-0.2, 0) is 0 Å². The summed E-state index contributed by atoms with van der Waals surface area (Å²) in [6.45, 7) is 9.08. The molecule has 0 aromatic rings. The van der Waals surface area contributed by atoms with E-state index in [9.17, 15) is 0 Å². The molecule has 1 rings (SSSR count). The number of hydrogen-bond donors (Lipinski definition) is 1. The molecule has 0 heterocycles. The van der Waals surface area contributed by atoms with Crippen LogP contribution in [0.2, 0.25) is 0 Å². The maximum Gasteiger partial charge on any atom is 0.0116 e. The minimum absolute atomic E-state index is 0.285. The fourth-order valence-electron chi connectivity index (χ4n) is 2.52. The zero-order valence-corrected chi connectivity index (χ0v) is 9.64. The van der Waals surface area contributed by atoms with E-state index in [0.29, 0.717) is 6.04 Å². The van der Waals surface area contributed by atoms with E-state index >= 15 is 0 Å². The molecule has 78 valence electrons. The lowest BCUT2D eigenvalue weighted by molar-refractivity contribution is 0.234. The second-order valence-electron chi connectivity index (χ2n) is 5.74. The minimum atomic E-state index is 0.285. The van der Waals surface area contributed by atoms with Crippen molar-refractivity contribution < 1.29 is 0 Å². The van der Waals surface area contributed by atoms with Gasteiger partial charge >= 0.3 is 0 Å². The summed E-state index contributed by atoms with van der Waals surface area (Å²) in [5, 5.41) is 0. The van der Waals surface area contributed by atoms with E-state index in [0.717, 1.165) is 11.8 Å². The molecule has 2 N–H and O–H groups in total. The van der Waals surface area contributed by atoms with Gasteiger partial charge in [-0.3, -0.25) is 0 Å². The van der Waals surface area contributed by atoms with E-state index in [1.165, 1.54) is 25.7 Å². The lowest BCUT2D eigenvalue weighted by Gasteiger charge is -2.32. The SMILES string of the molecule is CCC1CCC(C(N)C(C)(C)C)C1. The predicted octanol–water partition coefficient (Wildman–Crippen LogP) is 3.19. The Morgan fingerprint density at radius 3 is 2.31 bits per heavy atom. The van der Waals surface area contributed by atoms with Crippen molar-refractivity contribution in [1.82, 2.24) is 0 Å². The molecular formula is C12H25N. The van der Waals surface area contributed by atoms with E-state index in [2.05, 4.69) is 27.7 Å². The Morgan fingerprint density at radius 2 is 1.92 bits per heavy atom. The molecule has 1 aliphatic rings. The Balaban J connectivity index is 2.46. The molecule has 0 amide bonds. The van der Waals surface area contributed by atoms with Gasteiger partial charge in [0.05, 0.1) is 0 Å². The van der Waals surface area contributed by atoms with Gasteiger partial charge in [-0.05, 0) is 30.1 Å². The molecule has 1 aliphatic carbocycles. The Hall–Kier alpha value is -0.0400. The smallest absolute Gasteiger partial charge is 0.0116 e. The third-order valence-electron chi connectivity index (χ3n) is 3.67. The Bertz CT molecular complexity index is 157. The van der Waals surface area contributed by atoms with Crippen LogP contribution in [0.5, 0.6) is 0 Å². The lowest BCUT2D eigenvalue weighted by atomic mass is 9.78. The van der Waals surface area contributed by atoms with Gasteiger partial charge in [-0.2, -0.15) is 0 Å². The zero-order valence-electron chi connectivity index (χ0n) is 9.64. The second kappa shape index (κ2) is 4.00. The van der Waals surface area contributed by atoms with Crippen molar-refractivity contribution in [3.8, 4) is 0 Å². The van der Waals surface area contributed by atoms with Crippen molar-refractivity contribution in [3.05, 3.63) is 0 Å². The third-order valence-corrected chi connectivity index (χ3v) is 3.67. The third kappa shape index (κ3) is 2.70. The molecule has 0 spiro atoms. The van der Waals surface area contributed by atoms with Gasteiger partial charge < -0.3 is 5.73 Å². The molecule has 1 fully saturated rings. The van der Waals surface area contributed by atoms with Gasteiger partial charge in [0.15, 0.2) is 0 Å². The molecule has 0 bridgehead atoms. The van der Waals surface area contributed by atoms with Gasteiger partial charge in [-0.25, -0.2) is 0 Å². The molecule has 3 atom stereocenters. The van der Waals surface area contributed by atoms with Crippen LogP contribution < -0.4 is 5.73 Å². The summed E-state index contributed by atoms with van der Waals surface area (Å²) in [5.74, 6) is 1.74. The summed E-state index contributed by atoms with van der Waals surface area (Å²) in [6.07, 6.45) is 5.48. The maximum absolute atomic E-state index is 6.27. The molecule has 3 unspecified atom stereocenters. The molecule has 0 aromatic heterocycles. The highest BCUT2D eigenvalue weighted by atomic mass is 14.7. The minimum Gasteiger partial charge on any atom is -0.327 e. The summed E-state index contributed by atoms with van der Waals surface area (Å²) in [5.41, 5.74) is 6.56. The van der Waals surface area contributed by atoms with E-state index < -0.39 is 0 Å². The van der Waals surface area contributed by atoms with Crippen molar-refractivity contribution in [2.45, 2.75) is 59.4 Å². The summed E-state index contributed by atoms with van der Waals surface area (Å²) >= 11 is 0. The number of hydrogen-bond acceptors (Lipinski definition) is 1. The largest absolute Gasteiger partial charge is 0.327 e. The van der Waals surface area contributed by atoms with Gasteiger partial charge in [-0.15, -0.1) is 0 Å². The molecule has 0 aliphatic heterocycles. The van der Waals surface area contributed by atoms with Crippen LogP contribution in [0.25, 0.3) is 0 Å². The highest BCUT2D eigenvalue weighted by Gasteiger charge is 2.33. The highest BCUT2D eigenvalue weighted by molar-refractivity contribution is 4.88. The molecule has 1 nitrogen and oxygen atoms in total. The molecular weight excluding hydrogens is 158 g/mol. The van der Waals surface area contributed by atoms with E-state index in [4.69, 9.17) is 5.73 Å². The average molecular weight is 183 g/mol. The fourth-order valence-corrected chi connectivity index (χ4v) is 2.52. The van der Waals surface area contributed by atoms with Crippen molar-refractivity contribution in [3.63, 3.8) is 0 Å². The normalized spacial score (nSPS) is 32.1. The van der Waals surface area contributed by atoms with Crippen molar-refractivity contribution >= 4 is 0 Å². The van der Waals surface area contributed by atoms with Gasteiger partial charge in [0.1, 0.15) is 0 Å². The second-order valence-corrected chi connectivity index (χ2v) is 5.74. The zero-order chi connectivity index (χ0) is 10.1. The summed E-state index contributed by atoms with van der Waals surface area (Å²) in [4.78, 5) is 0. The van der Waals surface area contributed by atoms with E-state index in [-0.39, 0.29) is 5.41 Å². The highest BCUT2D eigenvalue weighted by Crippen LogP contribution is 2.38. The molecule has 1 heteroatoms. The maximum atomic E-state index is 6.27.